The van der Waals surface area contributed by atoms with Crippen LogP contribution in [-0.2, 0) is 0 Å². The van der Waals surface area contributed by atoms with Crippen molar-refractivity contribution in [1.29, 1.82) is 0 Å². The lowest BCUT2D eigenvalue weighted by Gasteiger charge is -2.36. The van der Waals surface area contributed by atoms with E-state index in [9.17, 15) is 9.90 Å². The first-order valence-electron chi connectivity index (χ1n) is 9.42. The van der Waals surface area contributed by atoms with E-state index < -0.39 is 0 Å². The van der Waals surface area contributed by atoms with E-state index in [1.807, 2.05) is 0 Å². The van der Waals surface area contributed by atoms with Gasteiger partial charge in [-0.25, -0.2) is 0 Å². The molecule has 1 fully saturated rings. The topological polar surface area (TPSA) is 55.8 Å². The average Bonchev–Trinajstić information content (AvgIpc) is 2.71. The molecular formula is C21H26ClN3O2. The van der Waals surface area contributed by atoms with E-state index in [1.165, 1.54) is 17.8 Å². The van der Waals surface area contributed by atoms with Gasteiger partial charge in [0.1, 0.15) is 5.75 Å². The number of anilines is 1. The molecule has 0 aliphatic carbocycles. The molecule has 1 saturated heterocycles. The van der Waals surface area contributed by atoms with Crippen molar-refractivity contribution in [2.45, 2.75) is 12.8 Å². The Bertz CT molecular complexity index is 746. The lowest BCUT2D eigenvalue weighted by Crippen LogP contribution is -2.46. The van der Waals surface area contributed by atoms with Crippen molar-refractivity contribution in [3.8, 4) is 5.75 Å². The number of unbranched alkanes of at least 4 members (excludes halogenated alkanes) is 1. The van der Waals surface area contributed by atoms with Crippen LogP contribution in [-0.4, -0.2) is 55.2 Å². The van der Waals surface area contributed by atoms with Crippen molar-refractivity contribution < 1.29 is 9.90 Å². The molecule has 2 aromatic rings. The molecule has 0 unspecified atom stereocenters. The molecule has 0 radical (unpaired) electrons. The van der Waals surface area contributed by atoms with Crippen LogP contribution in [0.2, 0.25) is 5.02 Å². The summed E-state index contributed by atoms with van der Waals surface area (Å²) >= 11 is 5.84. The van der Waals surface area contributed by atoms with Crippen molar-refractivity contribution in [1.82, 2.24) is 10.2 Å². The number of carbonyl (C=O) groups excluding carboxylic acids is 1. The molecular weight excluding hydrogens is 362 g/mol. The second-order valence-corrected chi connectivity index (χ2v) is 7.20. The van der Waals surface area contributed by atoms with Gasteiger partial charge in [0.25, 0.3) is 5.91 Å². The minimum absolute atomic E-state index is 0.0134. The Labute approximate surface area is 165 Å². The third kappa shape index (κ3) is 5.62. The third-order valence-electron chi connectivity index (χ3n) is 4.89. The first kappa shape index (κ1) is 19.5. The first-order chi connectivity index (χ1) is 13.1. The van der Waals surface area contributed by atoms with Gasteiger partial charge in [-0.2, -0.15) is 0 Å². The van der Waals surface area contributed by atoms with E-state index in [-0.39, 0.29) is 16.7 Å². The predicted molar refractivity (Wildman–Crippen MR) is 110 cm³/mol. The quantitative estimate of drug-likeness (QED) is 0.715. The second-order valence-electron chi connectivity index (χ2n) is 6.79. The highest BCUT2D eigenvalue weighted by molar-refractivity contribution is 6.32. The summed E-state index contributed by atoms with van der Waals surface area (Å²) in [6, 6.07) is 15.0. The van der Waals surface area contributed by atoms with E-state index in [2.05, 4.69) is 45.4 Å². The van der Waals surface area contributed by atoms with Gasteiger partial charge in [0.05, 0.1) is 5.02 Å². The Balaban J connectivity index is 1.31. The van der Waals surface area contributed by atoms with Crippen molar-refractivity contribution in [3.05, 3.63) is 59.1 Å². The molecule has 3 rings (SSSR count). The molecule has 0 aromatic heterocycles. The summed E-state index contributed by atoms with van der Waals surface area (Å²) < 4.78 is 0. The van der Waals surface area contributed by atoms with E-state index in [1.54, 1.807) is 6.07 Å². The predicted octanol–water partition coefficient (Wildman–Crippen LogP) is 3.38. The molecule has 1 amide bonds. The highest BCUT2D eigenvalue weighted by Crippen LogP contribution is 2.23. The molecule has 1 heterocycles. The van der Waals surface area contributed by atoms with E-state index in [0.717, 1.165) is 45.6 Å². The lowest BCUT2D eigenvalue weighted by atomic mass is 10.2. The fourth-order valence-corrected chi connectivity index (χ4v) is 3.46. The van der Waals surface area contributed by atoms with Gasteiger partial charge in [0.2, 0.25) is 0 Å². The van der Waals surface area contributed by atoms with Gasteiger partial charge in [-0.3, -0.25) is 9.69 Å². The summed E-state index contributed by atoms with van der Waals surface area (Å²) in [5.74, 6) is -0.172. The summed E-state index contributed by atoms with van der Waals surface area (Å²) in [5, 5.41) is 12.5. The van der Waals surface area contributed by atoms with E-state index in [4.69, 9.17) is 11.6 Å². The first-order valence-corrected chi connectivity index (χ1v) is 9.80. The SMILES string of the molecule is O=C(NCCCCN1CCN(c2ccccc2)CC1)c1ccc(O)c(Cl)c1. The number of benzene rings is 2. The lowest BCUT2D eigenvalue weighted by molar-refractivity contribution is 0.0952. The van der Waals surface area contributed by atoms with Crippen LogP contribution in [0, 0.1) is 0 Å². The maximum Gasteiger partial charge on any atom is 0.251 e. The number of nitrogens with zero attached hydrogens (tertiary/aromatic N) is 2. The normalized spacial score (nSPS) is 14.9. The number of piperazine rings is 1. The molecule has 2 aromatic carbocycles. The third-order valence-corrected chi connectivity index (χ3v) is 5.19. The smallest absolute Gasteiger partial charge is 0.251 e. The molecule has 1 aliphatic rings. The molecule has 5 nitrogen and oxygen atoms in total. The Morgan fingerprint density at radius 2 is 1.78 bits per heavy atom. The van der Waals surface area contributed by atoms with Gasteiger partial charge in [0.15, 0.2) is 0 Å². The molecule has 0 saturated carbocycles. The van der Waals surface area contributed by atoms with Gasteiger partial charge in [-0.15, -0.1) is 0 Å². The monoisotopic (exact) mass is 387 g/mol. The maximum atomic E-state index is 12.1. The minimum atomic E-state index is -0.159. The Kier molecular flexibility index (Phi) is 6.96. The van der Waals surface area contributed by atoms with Gasteiger partial charge in [0, 0.05) is 44.0 Å². The summed E-state index contributed by atoms with van der Waals surface area (Å²) in [6.45, 7) is 5.97. The van der Waals surface area contributed by atoms with Gasteiger partial charge < -0.3 is 15.3 Å². The van der Waals surface area contributed by atoms with Crippen molar-refractivity contribution >= 4 is 23.2 Å². The summed E-state index contributed by atoms with van der Waals surface area (Å²) in [7, 11) is 0. The minimum Gasteiger partial charge on any atom is -0.506 e. The summed E-state index contributed by atoms with van der Waals surface area (Å²) in [5.41, 5.74) is 1.77. The zero-order valence-electron chi connectivity index (χ0n) is 15.4. The fraction of sp³-hybridized carbons (Fsp3) is 0.381. The van der Waals surface area contributed by atoms with Crippen LogP contribution >= 0.6 is 11.6 Å². The number of hydrogen-bond acceptors (Lipinski definition) is 4. The Morgan fingerprint density at radius 3 is 2.48 bits per heavy atom. The largest absolute Gasteiger partial charge is 0.506 e. The molecule has 2 N–H and O–H groups in total. The number of carbonyl (C=O) groups is 1. The second kappa shape index (κ2) is 9.62. The van der Waals surface area contributed by atoms with Crippen LogP contribution in [0.5, 0.6) is 5.75 Å². The van der Waals surface area contributed by atoms with E-state index in [0.29, 0.717) is 12.1 Å². The molecule has 6 heteroatoms. The number of nitrogens with one attached hydrogen (secondary N) is 1. The highest BCUT2D eigenvalue weighted by atomic mass is 35.5. The molecule has 27 heavy (non-hydrogen) atoms. The van der Waals surface area contributed by atoms with E-state index >= 15 is 0 Å². The number of para-hydroxylation sites is 1. The number of phenolic OH excluding ortho intramolecular Hbond substituents is 1. The molecule has 0 spiro atoms. The maximum absolute atomic E-state index is 12.1. The van der Waals surface area contributed by atoms with Crippen LogP contribution in [0.1, 0.15) is 23.2 Å². The van der Waals surface area contributed by atoms with Crippen LogP contribution < -0.4 is 10.2 Å². The molecule has 0 bridgehead atoms. The van der Waals surface area contributed by atoms with Gasteiger partial charge in [-0.1, -0.05) is 29.8 Å². The summed E-state index contributed by atoms with van der Waals surface area (Å²) in [4.78, 5) is 17.0. The van der Waals surface area contributed by atoms with Gasteiger partial charge >= 0.3 is 0 Å². The molecule has 144 valence electrons. The zero-order chi connectivity index (χ0) is 19.1. The standard InChI is InChI=1S/C21H26ClN3O2/c22-19-16-17(8-9-20(19)26)21(27)23-10-4-5-11-24-12-14-25(15-13-24)18-6-2-1-3-7-18/h1-3,6-9,16,26H,4-5,10-15H2,(H,23,27). The number of aromatic hydroxyl groups is 1. The fourth-order valence-electron chi connectivity index (χ4n) is 3.28. The number of hydrogen-bond donors (Lipinski definition) is 2. The number of halogens is 1. The van der Waals surface area contributed by atoms with Gasteiger partial charge in [-0.05, 0) is 49.7 Å². The number of phenols is 1. The van der Waals surface area contributed by atoms with Crippen molar-refractivity contribution in [2.75, 3.05) is 44.2 Å². The zero-order valence-corrected chi connectivity index (χ0v) is 16.2. The Morgan fingerprint density at radius 1 is 1.04 bits per heavy atom. The number of amides is 1. The average molecular weight is 388 g/mol. The Hall–Kier alpha value is -2.24. The van der Waals surface area contributed by atoms with Crippen molar-refractivity contribution in [3.63, 3.8) is 0 Å². The highest BCUT2D eigenvalue weighted by Gasteiger charge is 2.16. The van der Waals surface area contributed by atoms with Crippen LogP contribution in [0.3, 0.4) is 0 Å². The molecule has 1 aliphatic heterocycles. The van der Waals surface area contributed by atoms with Crippen LogP contribution in [0.15, 0.2) is 48.5 Å². The number of rotatable bonds is 7. The summed E-state index contributed by atoms with van der Waals surface area (Å²) in [6.07, 6.45) is 2.00. The van der Waals surface area contributed by atoms with Crippen LogP contribution in [0.25, 0.3) is 0 Å². The van der Waals surface area contributed by atoms with Crippen LogP contribution in [0.4, 0.5) is 5.69 Å². The van der Waals surface area contributed by atoms with Crippen molar-refractivity contribution in [2.24, 2.45) is 0 Å². The molecule has 0 atom stereocenters.